The Kier molecular flexibility index (Phi) is 4.93. The predicted molar refractivity (Wildman–Crippen MR) is 101 cm³/mol. The quantitative estimate of drug-likeness (QED) is 0.846. The summed E-state index contributed by atoms with van der Waals surface area (Å²) in [6.45, 7) is 2.78. The third-order valence-corrected chi connectivity index (χ3v) is 5.91. The molecule has 0 bridgehead atoms. The van der Waals surface area contributed by atoms with E-state index in [1.807, 2.05) is 37.3 Å². The summed E-state index contributed by atoms with van der Waals surface area (Å²) < 4.78 is 5.18. The summed E-state index contributed by atoms with van der Waals surface area (Å²) in [6.07, 6.45) is 1.68. The Morgan fingerprint density at radius 2 is 2.18 bits per heavy atom. The Labute approximate surface area is 163 Å². The van der Waals surface area contributed by atoms with Crippen LogP contribution in [-0.2, 0) is 11.2 Å². The van der Waals surface area contributed by atoms with Crippen molar-refractivity contribution in [3.05, 3.63) is 53.4 Å². The van der Waals surface area contributed by atoms with Crippen molar-refractivity contribution < 1.29 is 19.2 Å². The van der Waals surface area contributed by atoms with Crippen LogP contribution in [0.2, 0.25) is 0 Å². The van der Waals surface area contributed by atoms with Crippen molar-refractivity contribution in [1.82, 2.24) is 15.4 Å². The Balaban J connectivity index is 1.51. The molecule has 2 amide bonds. The van der Waals surface area contributed by atoms with E-state index in [-0.39, 0.29) is 24.1 Å². The van der Waals surface area contributed by atoms with Gasteiger partial charge in [0.05, 0.1) is 23.3 Å². The van der Waals surface area contributed by atoms with Crippen molar-refractivity contribution in [2.45, 2.75) is 44.8 Å². The van der Waals surface area contributed by atoms with E-state index < -0.39 is 17.6 Å². The first-order valence-corrected chi connectivity index (χ1v) is 9.81. The topological polar surface area (TPSA) is 95.7 Å². The molecule has 2 aliphatic heterocycles. The fourth-order valence-corrected chi connectivity index (χ4v) is 4.36. The molecular weight excluding hydrogens is 358 g/mol. The van der Waals surface area contributed by atoms with Crippen LogP contribution in [0.15, 0.2) is 40.9 Å². The monoisotopic (exact) mass is 383 g/mol. The summed E-state index contributed by atoms with van der Waals surface area (Å²) in [7, 11) is 0. The summed E-state index contributed by atoms with van der Waals surface area (Å²) in [4.78, 5) is 27.5. The number of piperidine rings is 2. The largest absolute Gasteiger partial charge is 0.391 e. The number of rotatable bonds is 3. The minimum absolute atomic E-state index is 0.101. The third-order valence-electron chi connectivity index (χ3n) is 5.91. The molecule has 2 N–H and O–H groups in total. The highest BCUT2D eigenvalue weighted by atomic mass is 16.5. The highest BCUT2D eigenvalue weighted by molar-refractivity contribution is 5.92. The molecule has 2 aliphatic rings. The second-order valence-corrected chi connectivity index (χ2v) is 7.78. The second-order valence-electron chi connectivity index (χ2n) is 7.78. The van der Waals surface area contributed by atoms with Crippen LogP contribution in [0, 0.1) is 5.41 Å². The normalized spacial score (nSPS) is 27.6. The van der Waals surface area contributed by atoms with Gasteiger partial charge in [-0.2, -0.15) is 0 Å². The molecule has 1 aromatic heterocycles. The number of hydrogen-bond donors (Lipinski definition) is 2. The maximum Gasteiger partial charge on any atom is 0.292 e. The van der Waals surface area contributed by atoms with Gasteiger partial charge in [-0.05, 0) is 31.2 Å². The van der Waals surface area contributed by atoms with Crippen molar-refractivity contribution in [3.8, 4) is 0 Å². The molecular formula is C21H25N3O4. The van der Waals surface area contributed by atoms with E-state index in [9.17, 15) is 14.7 Å². The first kappa shape index (κ1) is 18.7. The van der Waals surface area contributed by atoms with Gasteiger partial charge in [-0.25, -0.2) is 0 Å². The smallest absolute Gasteiger partial charge is 0.292 e. The molecule has 0 saturated carbocycles. The second kappa shape index (κ2) is 7.39. The van der Waals surface area contributed by atoms with E-state index in [1.54, 1.807) is 11.0 Å². The van der Waals surface area contributed by atoms with Crippen LogP contribution < -0.4 is 5.32 Å². The fraction of sp³-hybridized carbons (Fsp3) is 0.476. The molecule has 148 valence electrons. The maximum absolute atomic E-state index is 13.1. The molecule has 3 atom stereocenters. The summed E-state index contributed by atoms with van der Waals surface area (Å²) in [5.74, 6) is -0.150. The van der Waals surface area contributed by atoms with Gasteiger partial charge in [0, 0.05) is 19.2 Å². The molecule has 28 heavy (non-hydrogen) atoms. The number of aliphatic hydroxyl groups is 1. The maximum atomic E-state index is 13.1. The summed E-state index contributed by atoms with van der Waals surface area (Å²) in [6, 6.07) is 10.7. The van der Waals surface area contributed by atoms with Gasteiger partial charge in [0.2, 0.25) is 11.7 Å². The van der Waals surface area contributed by atoms with Crippen molar-refractivity contribution in [1.29, 1.82) is 0 Å². The first-order chi connectivity index (χ1) is 13.5. The Bertz CT molecular complexity index is 866. The van der Waals surface area contributed by atoms with Crippen molar-refractivity contribution in [2.24, 2.45) is 5.41 Å². The zero-order valence-electron chi connectivity index (χ0n) is 15.9. The number of amides is 2. The molecule has 3 heterocycles. The van der Waals surface area contributed by atoms with Crippen LogP contribution >= 0.6 is 0 Å². The van der Waals surface area contributed by atoms with Gasteiger partial charge in [0.25, 0.3) is 5.91 Å². The van der Waals surface area contributed by atoms with Crippen LogP contribution in [0.4, 0.5) is 0 Å². The number of aryl methyl sites for hydroxylation is 1. The Morgan fingerprint density at radius 1 is 1.39 bits per heavy atom. The number of likely N-dealkylation sites (tertiary alicyclic amines) is 1. The van der Waals surface area contributed by atoms with Crippen LogP contribution in [0.3, 0.4) is 0 Å². The standard InChI is InChI=1S/C21H25N3O4/c1-2-15-11-17(28-23-15)19(26)24-10-6-9-21(13-24)12-16(25)18(22-20(21)27)14-7-4-3-5-8-14/h3-5,7-8,11,16,18,25H,2,6,9-10,12-13H2,1H3,(H,22,27)/t16-,18+,21-/m1/s1. The third kappa shape index (κ3) is 3.30. The van der Waals surface area contributed by atoms with E-state index in [1.165, 1.54) is 0 Å². The molecule has 2 saturated heterocycles. The van der Waals surface area contributed by atoms with Gasteiger partial charge in [0.1, 0.15) is 0 Å². The molecule has 0 aliphatic carbocycles. The zero-order valence-corrected chi connectivity index (χ0v) is 15.9. The molecule has 1 aromatic carbocycles. The van der Waals surface area contributed by atoms with Gasteiger partial charge in [-0.3, -0.25) is 9.59 Å². The van der Waals surface area contributed by atoms with Gasteiger partial charge in [-0.1, -0.05) is 42.4 Å². The molecule has 0 unspecified atom stereocenters. The van der Waals surface area contributed by atoms with Crippen LogP contribution in [0.25, 0.3) is 0 Å². The molecule has 7 heteroatoms. The molecule has 4 rings (SSSR count). The minimum atomic E-state index is -0.772. The van der Waals surface area contributed by atoms with Gasteiger partial charge in [0.15, 0.2) is 0 Å². The SMILES string of the molecule is CCc1cc(C(=O)N2CCC[C@@]3(C[C@@H](O)[C@H](c4ccccc4)NC3=O)C2)on1. The van der Waals surface area contributed by atoms with Crippen molar-refractivity contribution in [2.75, 3.05) is 13.1 Å². The lowest BCUT2D eigenvalue weighted by Crippen LogP contribution is -2.60. The summed E-state index contributed by atoms with van der Waals surface area (Å²) in [5.41, 5.74) is 0.842. The van der Waals surface area contributed by atoms with Gasteiger partial charge < -0.3 is 19.8 Å². The number of carbonyl (C=O) groups is 2. The van der Waals surface area contributed by atoms with Crippen molar-refractivity contribution >= 4 is 11.8 Å². The highest BCUT2D eigenvalue weighted by Crippen LogP contribution is 2.41. The molecule has 7 nitrogen and oxygen atoms in total. The number of benzene rings is 1. The van der Waals surface area contributed by atoms with Crippen LogP contribution in [0.5, 0.6) is 0 Å². The molecule has 2 aromatic rings. The average Bonchev–Trinajstić information content (AvgIpc) is 3.20. The van der Waals surface area contributed by atoms with E-state index in [2.05, 4.69) is 10.5 Å². The Morgan fingerprint density at radius 3 is 2.89 bits per heavy atom. The zero-order chi connectivity index (χ0) is 19.7. The van der Waals surface area contributed by atoms with Crippen molar-refractivity contribution in [3.63, 3.8) is 0 Å². The van der Waals surface area contributed by atoms with Gasteiger partial charge >= 0.3 is 0 Å². The number of nitrogens with zero attached hydrogens (tertiary/aromatic N) is 2. The number of hydrogen-bond acceptors (Lipinski definition) is 5. The van der Waals surface area contributed by atoms with E-state index in [4.69, 9.17) is 4.52 Å². The number of aromatic nitrogens is 1. The molecule has 0 radical (unpaired) electrons. The predicted octanol–water partition coefficient (Wildman–Crippen LogP) is 2.08. The van der Waals surface area contributed by atoms with Gasteiger partial charge in [-0.15, -0.1) is 0 Å². The first-order valence-electron chi connectivity index (χ1n) is 9.81. The van der Waals surface area contributed by atoms with E-state index in [0.29, 0.717) is 32.2 Å². The lowest BCUT2D eigenvalue weighted by atomic mass is 9.70. The number of nitrogens with one attached hydrogen (secondary N) is 1. The summed E-state index contributed by atoms with van der Waals surface area (Å²) in [5, 5.41) is 17.7. The molecule has 1 spiro atoms. The van der Waals surface area contributed by atoms with Crippen LogP contribution in [-0.4, -0.2) is 46.2 Å². The van der Waals surface area contributed by atoms with E-state index >= 15 is 0 Å². The Hall–Kier alpha value is -2.67. The summed E-state index contributed by atoms with van der Waals surface area (Å²) >= 11 is 0. The minimum Gasteiger partial charge on any atom is -0.391 e. The highest BCUT2D eigenvalue weighted by Gasteiger charge is 2.50. The lowest BCUT2D eigenvalue weighted by Gasteiger charge is -2.47. The fourth-order valence-electron chi connectivity index (χ4n) is 4.36. The average molecular weight is 383 g/mol. The number of aliphatic hydroxyl groups excluding tert-OH is 1. The number of carbonyl (C=O) groups excluding carboxylic acids is 2. The molecule has 2 fully saturated rings. The lowest BCUT2D eigenvalue weighted by molar-refractivity contribution is -0.144. The van der Waals surface area contributed by atoms with Crippen LogP contribution in [0.1, 0.15) is 54.0 Å². The van der Waals surface area contributed by atoms with E-state index in [0.717, 1.165) is 11.3 Å².